The fourth-order valence-electron chi connectivity index (χ4n) is 2.69. The molecule has 0 atom stereocenters. The first kappa shape index (κ1) is 19.3. The van der Waals surface area contributed by atoms with E-state index >= 15 is 0 Å². The number of pyridine rings is 1. The second-order valence-corrected chi connectivity index (χ2v) is 6.49. The molecule has 1 aromatic carbocycles. The molecule has 0 spiro atoms. The summed E-state index contributed by atoms with van der Waals surface area (Å²) in [5.74, 6) is 0.0533. The molecule has 25 heavy (non-hydrogen) atoms. The zero-order valence-electron chi connectivity index (χ0n) is 15.0. The number of carbonyl (C=O) groups excluding carboxylic acids is 1. The molecule has 4 nitrogen and oxygen atoms in total. The molecule has 0 bridgehead atoms. The number of halogens is 1. The SMILES string of the molecule is CCCN(CCC)C(=O)c1cncc(NCCc2ccc(Cl)cc2)c1. The Morgan fingerprint density at radius 3 is 2.44 bits per heavy atom. The van der Waals surface area contributed by atoms with Gasteiger partial charge < -0.3 is 10.2 Å². The number of benzene rings is 1. The summed E-state index contributed by atoms with van der Waals surface area (Å²) in [6, 6.07) is 9.72. The van der Waals surface area contributed by atoms with E-state index in [1.54, 1.807) is 12.4 Å². The first-order valence-electron chi connectivity index (χ1n) is 8.86. The Balaban J connectivity index is 1.95. The summed E-state index contributed by atoms with van der Waals surface area (Å²) >= 11 is 5.90. The summed E-state index contributed by atoms with van der Waals surface area (Å²) in [6.45, 7) is 6.50. The molecule has 0 unspecified atom stereocenters. The van der Waals surface area contributed by atoms with Gasteiger partial charge in [0.1, 0.15) is 0 Å². The minimum absolute atomic E-state index is 0.0533. The van der Waals surface area contributed by atoms with Gasteiger partial charge in [0.05, 0.1) is 11.3 Å². The highest BCUT2D eigenvalue weighted by Crippen LogP contribution is 2.13. The highest BCUT2D eigenvalue weighted by molar-refractivity contribution is 6.30. The smallest absolute Gasteiger partial charge is 0.255 e. The van der Waals surface area contributed by atoms with Gasteiger partial charge in [-0.3, -0.25) is 9.78 Å². The molecular formula is C20H26ClN3O. The highest BCUT2D eigenvalue weighted by Gasteiger charge is 2.14. The van der Waals surface area contributed by atoms with Crippen molar-refractivity contribution in [2.75, 3.05) is 25.0 Å². The van der Waals surface area contributed by atoms with Crippen molar-refractivity contribution >= 4 is 23.2 Å². The highest BCUT2D eigenvalue weighted by atomic mass is 35.5. The Morgan fingerprint density at radius 2 is 1.80 bits per heavy atom. The van der Waals surface area contributed by atoms with Crippen LogP contribution in [0.25, 0.3) is 0 Å². The lowest BCUT2D eigenvalue weighted by atomic mass is 10.1. The third-order valence-corrected chi connectivity index (χ3v) is 4.17. The van der Waals surface area contributed by atoms with Crippen LogP contribution in [0.1, 0.15) is 42.6 Å². The molecule has 0 aliphatic carbocycles. The van der Waals surface area contributed by atoms with E-state index in [1.165, 1.54) is 5.56 Å². The van der Waals surface area contributed by atoms with Crippen LogP contribution in [0, 0.1) is 0 Å². The molecule has 1 amide bonds. The van der Waals surface area contributed by atoms with Gasteiger partial charge in [0.15, 0.2) is 0 Å². The Morgan fingerprint density at radius 1 is 1.12 bits per heavy atom. The maximum absolute atomic E-state index is 12.6. The summed E-state index contributed by atoms with van der Waals surface area (Å²) in [7, 11) is 0. The van der Waals surface area contributed by atoms with Crippen molar-refractivity contribution in [2.45, 2.75) is 33.1 Å². The first-order chi connectivity index (χ1) is 12.1. The quantitative estimate of drug-likeness (QED) is 0.708. The number of anilines is 1. The Bertz CT molecular complexity index is 667. The lowest BCUT2D eigenvalue weighted by Gasteiger charge is -2.21. The van der Waals surface area contributed by atoms with E-state index < -0.39 is 0 Å². The summed E-state index contributed by atoms with van der Waals surface area (Å²) in [6.07, 6.45) is 6.19. The van der Waals surface area contributed by atoms with Crippen LogP contribution in [0.5, 0.6) is 0 Å². The molecule has 0 aliphatic heterocycles. The maximum atomic E-state index is 12.6. The normalized spacial score (nSPS) is 10.5. The number of nitrogens with zero attached hydrogens (tertiary/aromatic N) is 2. The van der Waals surface area contributed by atoms with E-state index in [0.717, 1.165) is 49.6 Å². The lowest BCUT2D eigenvalue weighted by Crippen LogP contribution is -2.32. The number of amides is 1. The fourth-order valence-corrected chi connectivity index (χ4v) is 2.82. The van der Waals surface area contributed by atoms with Crippen LogP contribution >= 0.6 is 11.6 Å². The summed E-state index contributed by atoms with van der Waals surface area (Å²) in [5.41, 5.74) is 2.72. The summed E-state index contributed by atoms with van der Waals surface area (Å²) < 4.78 is 0. The average Bonchev–Trinajstić information content (AvgIpc) is 2.63. The third-order valence-electron chi connectivity index (χ3n) is 3.92. The molecule has 134 valence electrons. The molecular weight excluding hydrogens is 334 g/mol. The van der Waals surface area contributed by atoms with Crippen molar-refractivity contribution in [3.05, 3.63) is 58.9 Å². The molecule has 1 aromatic heterocycles. The second-order valence-electron chi connectivity index (χ2n) is 6.06. The van der Waals surface area contributed by atoms with Gasteiger partial charge >= 0.3 is 0 Å². The van der Waals surface area contributed by atoms with Crippen molar-refractivity contribution in [2.24, 2.45) is 0 Å². The number of aromatic nitrogens is 1. The average molecular weight is 360 g/mol. The molecule has 1 heterocycles. The van der Waals surface area contributed by atoms with Crippen LogP contribution in [-0.4, -0.2) is 35.4 Å². The predicted octanol–water partition coefficient (Wildman–Crippen LogP) is 4.65. The number of hydrogen-bond acceptors (Lipinski definition) is 3. The molecule has 0 fully saturated rings. The maximum Gasteiger partial charge on any atom is 0.255 e. The van der Waals surface area contributed by atoms with Gasteiger partial charge in [-0.2, -0.15) is 0 Å². The predicted molar refractivity (Wildman–Crippen MR) is 104 cm³/mol. The number of nitrogens with one attached hydrogen (secondary N) is 1. The number of carbonyl (C=O) groups is 1. The molecule has 0 saturated carbocycles. The van der Waals surface area contributed by atoms with E-state index in [4.69, 9.17) is 11.6 Å². The van der Waals surface area contributed by atoms with E-state index in [0.29, 0.717) is 5.56 Å². The van der Waals surface area contributed by atoms with Gasteiger partial charge in [-0.15, -0.1) is 0 Å². The van der Waals surface area contributed by atoms with Crippen molar-refractivity contribution in [3.8, 4) is 0 Å². The molecule has 0 saturated heterocycles. The van der Waals surface area contributed by atoms with Crippen LogP contribution < -0.4 is 5.32 Å². The fraction of sp³-hybridized carbons (Fsp3) is 0.400. The Labute approximate surface area is 155 Å². The van der Waals surface area contributed by atoms with Crippen molar-refractivity contribution in [1.82, 2.24) is 9.88 Å². The van der Waals surface area contributed by atoms with Crippen molar-refractivity contribution in [1.29, 1.82) is 0 Å². The van der Waals surface area contributed by atoms with Crippen LogP contribution in [-0.2, 0) is 6.42 Å². The van der Waals surface area contributed by atoms with E-state index in [-0.39, 0.29) is 5.91 Å². The zero-order chi connectivity index (χ0) is 18.1. The van der Waals surface area contributed by atoms with E-state index in [9.17, 15) is 4.79 Å². The molecule has 2 aromatic rings. The zero-order valence-corrected chi connectivity index (χ0v) is 15.7. The van der Waals surface area contributed by atoms with Crippen LogP contribution in [0.3, 0.4) is 0 Å². The number of hydrogen-bond donors (Lipinski definition) is 1. The second kappa shape index (κ2) is 10.0. The van der Waals surface area contributed by atoms with Gasteiger partial charge in [0.25, 0.3) is 5.91 Å². The first-order valence-corrected chi connectivity index (χ1v) is 9.24. The topological polar surface area (TPSA) is 45.2 Å². The molecule has 0 aliphatic rings. The largest absolute Gasteiger partial charge is 0.383 e. The van der Waals surface area contributed by atoms with E-state index in [2.05, 4.69) is 24.1 Å². The molecule has 0 radical (unpaired) electrons. The van der Waals surface area contributed by atoms with Gasteiger partial charge in [0, 0.05) is 37.1 Å². The van der Waals surface area contributed by atoms with Crippen molar-refractivity contribution in [3.63, 3.8) is 0 Å². The minimum Gasteiger partial charge on any atom is -0.383 e. The van der Waals surface area contributed by atoms with Crippen LogP contribution in [0.2, 0.25) is 5.02 Å². The van der Waals surface area contributed by atoms with Gasteiger partial charge in [-0.1, -0.05) is 37.6 Å². The van der Waals surface area contributed by atoms with Crippen molar-refractivity contribution < 1.29 is 4.79 Å². The molecule has 2 rings (SSSR count). The van der Waals surface area contributed by atoms with Gasteiger partial charge in [-0.05, 0) is 43.0 Å². The Kier molecular flexibility index (Phi) is 7.74. The standard InChI is InChI=1S/C20H26ClN3O/c1-3-11-24(12-4-2)20(25)17-13-19(15-22-14-17)23-10-9-16-5-7-18(21)8-6-16/h5-8,13-15,23H,3-4,9-12H2,1-2H3. The summed E-state index contributed by atoms with van der Waals surface area (Å²) in [5, 5.41) is 4.09. The summed E-state index contributed by atoms with van der Waals surface area (Å²) in [4.78, 5) is 18.8. The molecule has 1 N–H and O–H groups in total. The number of rotatable bonds is 9. The van der Waals surface area contributed by atoms with Gasteiger partial charge in [-0.25, -0.2) is 0 Å². The minimum atomic E-state index is 0.0533. The lowest BCUT2D eigenvalue weighted by molar-refractivity contribution is 0.0755. The van der Waals surface area contributed by atoms with Crippen LogP contribution in [0.15, 0.2) is 42.7 Å². The third kappa shape index (κ3) is 6.05. The monoisotopic (exact) mass is 359 g/mol. The van der Waals surface area contributed by atoms with Crippen LogP contribution in [0.4, 0.5) is 5.69 Å². The molecule has 5 heteroatoms. The Hall–Kier alpha value is -2.07. The van der Waals surface area contributed by atoms with E-state index in [1.807, 2.05) is 35.2 Å². The van der Waals surface area contributed by atoms with Gasteiger partial charge in [0.2, 0.25) is 0 Å².